The van der Waals surface area contributed by atoms with E-state index in [0.29, 0.717) is 12.2 Å². The number of hydrogen-bond donors (Lipinski definition) is 2. The van der Waals surface area contributed by atoms with Crippen molar-refractivity contribution in [1.82, 2.24) is 4.90 Å². The predicted octanol–water partition coefficient (Wildman–Crippen LogP) is 0.603. The minimum Gasteiger partial charge on any atom is -0.673 e. The van der Waals surface area contributed by atoms with E-state index < -0.39 is 10.9 Å². The molecule has 0 spiro atoms. The van der Waals surface area contributed by atoms with Crippen LogP contribution in [0.3, 0.4) is 0 Å². The van der Waals surface area contributed by atoms with Crippen LogP contribution in [0.25, 0.3) is 5.32 Å². The Kier molecular flexibility index (Phi) is 8.14. The molecule has 1 atom stereocenters. The van der Waals surface area contributed by atoms with Crippen molar-refractivity contribution in [2.24, 2.45) is 0 Å². The first-order chi connectivity index (χ1) is 14.8. The molecule has 162 valence electrons. The van der Waals surface area contributed by atoms with Crippen molar-refractivity contribution >= 4 is 23.0 Å². The van der Waals surface area contributed by atoms with Gasteiger partial charge in [0.1, 0.15) is 5.75 Å². The van der Waals surface area contributed by atoms with E-state index in [1.807, 2.05) is 19.1 Å². The van der Waals surface area contributed by atoms with Gasteiger partial charge < -0.3 is 25.4 Å². The van der Waals surface area contributed by atoms with Gasteiger partial charge in [0.25, 0.3) is 5.91 Å². The molecule has 2 N–H and O–H groups in total. The van der Waals surface area contributed by atoms with Crippen LogP contribution in [0, 0.1) is 0 Å². The van der Waals surface area contributed by atoms with E-state index in [-0.39, 0.29) is 59.2 Å². The number of nitrogens with one attached hydrogen (secondary N) is 1. The zero-order valence-corrected chi connectivity index (χ0v) is 18.8. The van der Waals surface area contributed by atoms with Gasteiger partial charge in [-0.2, -0.15) is 0 Å². The Morgan fingerprint density at radius 1 is 1.12 bits per heavy atom. The molecule has 0 bridgehead atoms. The number of rotatable bonds is 8. The third-order valence-electron chi connectivity index (χ3n) is 4.99. The molecule has 0 fully saturated rings. The smallest absolute Gasteiger partial charge is 0.673 e. The Hall–Kier alpha value is -3.21. The third-order valence-corrected chi connectivity index (χ3v) is 4.99. The molecule has 0 aromatic heterocycles. The number of carbonyl (C=O) groups excluding carboxylic acids is 1. The number of carbonyl (C=O) groups is 1. The average Bonchev–Trinajstić information content (AvgIpc) is 2.79. The van der Waals surface area contributed by atoms with Gasteiger partial charge in [-0.05, 0) is 24.3 Å². The molecule has 3 aromatic carbocycles. The minimum atomic E-state index is -0.716. The van der Waals surface area contributed by atoms with Crippen LogP contribution in [0.2, 0.25) is 0 Å². The van der Waals surface area contributed by atoms with Gasteiger partial charge in [0.2, 0.25) is 10.9 Å². The summed E-state index contributed by atoms with van der Waals surface area (Å²) < 4.78 is 5.16. The van der Waals surface area contributed by atoms with Crippen molar-refractivity contribution in [3.8, 4) is 11.5 Å². The largest absolute Gasteiger partial charge is 1.00 e. The quantitative estimate of drug-likeness (QED) is 0.308. The molecule has 0 heterocycles. The molecule has 0 saturated carbocycles. The van der Waals surface area contributed by atoms with Gasteiger partial charge in [-0.1, -0.05) is 48.8 Å². The van der Waals surface area contributed by atoms with E-state index in [0.717, 1.165) is 5.56 Å². The van der Waals surface area contributed by atoms with Crippen molar-refractivity contribution in [3.63, 3.8) is 0 Å². The summed E-state index contributed by atoms with van der Waals surface area (Å²) in [6.45, 7) is 1.93. The molecule has 0 aliphatic rings. The second-order valence-electron chi connectivity index (χ2n) is 7.23. The zero-order chi connectivity index (χ0) is 22.7. The third kappa shape index (κ3) is 4.82. The summed E-state index contributed by atoms with van der Waals surface area (Å²) in [4.78, 5) is 38.0. The van der Waals surface area contributed by atoms with Crippen LogP contribution in [0.1, 0.15) is 35.3 Å². The molecule has 0 aliphatic carbocycles. The fraction of sp³-hybridized carbons (Fsp3) is 0.261. The van der Waals surface area contributed by atoms with Crippen LogP contribution in [-0.2, 0) is 0 Å². The van der Waals surface area contributed by atoms with Crippen LogP contribution >= 0.6 is 0 Å². The maximum Gasteiger partial charge on any atom is 1.00 e. The normalized spacial score (nSPS) is 11.4. The fourth-order valence-electron chi connectivity index (χ4n) is 3.19. The molecule has 3 rings (SSSR count). The number of nitrogens with zero attached hydrogens (tertiary/aromatic N) is 2. The monoisotopic (exact) mass is 429 g/mol. The number of methoxy groups -OCH3 is 1. The van der Waals surface area contributed by atoms with Gasteiger partial charge >= 0.3 is 18.9 Å². The topological polar surface area (TPSA) is 110 Å². The van der Waals surface area contributed by atoms with Crippen molar-refractivity contribution < 1.29 is 33.5 Å². The molecule has 1 amide bonds. The first kappa shape index (κ1) is 25.1. The van der Waals surface area contributed by atoms with Gasteiger partial charge in [-0.3, -0.25) is 14.4 Å². The molecule has 0 unspecified atom stereocenters. The van der Waals surface area contributed by atoms with Gasteiger partial charge in [0.05, 0.1) is 24.0 Å². The molecule has 3 aromatic rings. The zero-order valence-electron chi connectivity index (χ0n) is 18.8. The number of ether oxygens (including phenoxy) is 1. The van der Waals surface area contributed by atoms with Crippen molar-refractivity contribution in [1.29, 1.82) is 0 Å². The molecule has 0 saturated heterocycles. The number of para-hydroxylation sites is 1. The van der Waals surface area contributed by atoms with Gasteiger partial charge in [-0.15, -0.1) is 0 Å². The molecule has 8 nitrogen and oxygen atoms in total. The van der Waals surface area contributed by atoms with Crippen LogP contribution in [0.15, 0.2) is 52.1 Å². The van der Waals surface area contributed by atoms with Gasteiger partial charge in [0.15, 0.2) is 5.75 Å². The first-order valence-electron chi connectivity index (χ1n) is 9.77. The summed E-state index contributed by atoms with van der Waals surface area (Å²) in [7, 11) is 4.72. The molecule has 0 aliphatic heterocycles. The van der Waals surface area contributed by atoms with Crippen LogP contribution in [-0.4, -0.2) is 37.1 Å². The van der Waals surface area contributed by atoms with E-state index in [1.54, 1.807) is 39.4 Å². The summed E-state index contributed by atoms with van der Waals surface area (Å²) in [6.07, 6.45) is 0.614. The van der Waals surface area contributed by atoms with E-state index in [9.17, 15) is 19.5 Å². The Morgan fingerprint density at radius 2 is 1.78 bits per heavy atom. The standard InChI is InChI=1S/C23H25N3O5.Li/c1-5-16(13-9-11-14(31-4)12-10-13)24-18-19(22(29)21(18)28)25-17-8-6-7-15(20(17)27)23(30)26(2)3;/h6-12,16H,5H2,1-4H3,(H3,24,25,27,28,29,30);/q;+1/p-1/t16-;/m1./s1. The molecule has 0 radical (unpaired) electrons. The molecular weight excluding hydrogens is 405 g/mol. The van der Waals surface area contributed by atoms with Gasteiger partial charge in [0, 0.05) is 14.1 Å². The van der Waals surface area contributed by atoms with E-state index in [4.69, 9.17) is 4.74 Å². The van der Waals surface area contributed by atoms with Crippen LogP contribution in [0.4, 0.5) is 17.1 Å². The number of aromatic hydroxyl groups is 1. The second-order valence-corrected chi connectivity index (χ2v) is 7.23. The van der Waals surface area contributed by atoms with E-state index in [2.05, 4.69) is 10.6 Å². The number of phenolic OH excluding ortho intramolecular Hbond substituents is 1. The second kappa shape index (κ2) is 10.4. The summed E-state index contributed by atoms with van der Waals surface area (Å²) in [5.41, 5.74) is -0.269. The predicted molar refractivity (Wildman–Crippen MR) is 120 cm³/mol. The Morgan fingerprint density at radius 3 is 2.34 bits per heavy atom. The summed E-state index contributed by atoms with van der Waals surface area (Å²) in [5, 5.41) is 17.8. The number of anilines is 2. The number of benzene rings is 2. The maximum atomic E-state index is 12.2. The summed E-state index contributed by atoms with van der Waals surface area (Å²) in [5.74, 6) is 0.0155. The first-order valence-corrected chi connectivity index (χ1v) is 9.77. The summed E-state index contributed by atoms with van der Waals surface area (Å²) >= 11 is 0. The average molecular weight is 429 g/mol. The SMILES string of the molecule is CC[C@@H]([N-]c1c(Nc2cccc(C(=O)N(C)C)c2O)c(=O)c1=O)c1ccc(OC)cc1.[Li+]. The fourth-order valence-corrected chi connectivity index (χ4v) is 3.19. The Labute approximate surface area is 198 Å². The molecular formula is C23H24LiN3O5. The van der Waals surface area contributed by atoms with E-state index in [1.165, 1.54) is 17.0 Å². The van der Waals surface area contributed by atoms with Crippen LogP contribution in [0.5, 0.6) is 11.5 Å². The Bertz CT molecular complexity index is 1170. The molecule has 32 heavy (non-hydrogen) atoms. The van der Waals surface area contributed by atoms with Crippen molar-refractivity contribution in [3.05, 3.63) is 79.4 Å². The van der Waals surface area contributed by atoms with Crippen molar-refractivity contribution in [2.75, 3.05) is 26.5 Å². The molecule has 9 heteroatoms. The number of phenols is 1. The Balaban J connectivity index is 0.00000363. The van der Waals surface area contributed by atoms with Gasteiger partial charge in [-0.25, -0.2) is 0 Å². The number of amides is 1. The maximum absolute atomic E-state index is 12.2. The van der Waals surface area contributed by atoms with Crippen molar-refractivity contribution in [2.45, 2.75) is 19.4 Å². The minimum absolute atomic E-state index is 0. The van der Waals surface area contributed by atoms with Crippen LogP contribution < -0.4 is 39.8 Å². The van der Waals surface area contributed by atoms with E-state index >= 15 is 0 Å². The summed E-state index contributed by atoms with van der Waals surface area (Å²) in [6, 6.07) is 11.6. The number of hydrogen-bond acceptors (Lipinski definition) is 6.